The van der Waals surface area contributed by atoms with Crippen LogP contribution in [0, 0.1) is 18.7 Å². The number of amides is 1. The second-order valence-corrected chi connectivity index (χ2v) is 11.3. The molecule has 3 aromatic rings. The highest BCUT2D eigenvalue weighted by molar-refractivity contribution is 8.26. The maximum Gasteiger partial charge on any atom is 0.267 e. The van der Waals surface area contributed by atoms with Gasteiger partial charge in [0.1, 0.15) is 21.6 Å². The second kappa shape index (κ2) is 10.3. The number of rotatable bonds is 5. The van der Waals surface area contributed by atoms with E-state index in [4.69, 9.17) is 17.2 Å². The summed E-state index contributed by atoms with van der Waals surface area (Å²) in [5, 5.41) is 0. The molecule has 2 aliphatic rings. The Morgan fingerprint density at radius 3 is 2.49 bits per heavy atom. The number of thiocarbonyl (C=S) groups is 1. The Labute approximate surface area is 224 Å². The number of benzene rings is 1. The van der Waals surface area contributed by atoms with Crippen LogP contribution in [-0.2, 0) is 4.79 Å². The van der Waals surface area contributed by atoms with E-state index in [1.165, 1.54) is 22.2 Å². The first-order chi connectivity index (χ1) is 17.7. The van der Waals surface area contributed by atoms with Crippen molar-refractivity contribution < 1.29 is 9.18 Å². The minimum absolute atomic E-state index is 0.187. The molecular formula is C27H28FN5O2S2. The van der Waals surface area contributed by atoms with E-state index in [9.17, 15) is 14.0 Å². The number of halogens is 1. The predicted octanol–water partition coefficient (Wildman–Crippen LogP) is 4.33. The quantitative estimate of drug-likeness (QED) is 0.355. The van der Waals surface area contributed by atoms with Gasteiger partial charge in [0.15, 0.2) is 0 Å². The lowest BCUT2D eigenvalue weighted by atomic mass is 10.2. The Kier molecular flexibility index (Phi) is 7.04. The van der Waals surface area contributed by atoms with Gasteiger partial charge in [0.05, 0.1) is 16.2 Å². The summed E-state index contributed by atoms with van der Waals surface area (Å²) < 4.78 is 16.4. The number of fused-ring (bicyclic) bond motifs is 1. The molecule has 0 N–H and O–H groups in total. The number of anilines is 2. The highest BCUT2D eigenvalue weighted by atomic mass is 32.2. The van der Waals surface area contributed by atoms with Crippen molar-refractivity contribution in [2.24, 2.45) is 5.92 Å². The van der Waals surface area contributed by atoms with E-state index in [0.29, 0.717) is 64.7 Å². The molecule has 2 aliphatic heterocycles. The summed E-state index contributed by atoms with van der Waals surface area (Å²) in [7, 11) is 0. The van der Waals surface area contributed by atoms with Crippen molar-refractivity contribution in [1.29, 1.82) is 0 Å². The lowest BCUT2D eigenvalue weighted by Gasteiger charge is -2.37. The van der Waals surface area contributed by atoms with Gasteiger partial charge in [0.25, 0.3) is 11.5 Å². The number of carbonyl (C=O) groups excluding carboxylic acids is 1. The van der Waals surface area contributed by atoms with E-state index in [1.54, 1.807) is 29.3 Å². The normalized spacial score (nSPS) is 17.6. The third-order valence-corrected chi connectivity index (χ3v) is 7.91. The Bertz CT molecular complexity index is 1480. The predicted molar refractivity (Wildman–Crippen MR) is 152 cm³/mol. The second-order valence-electron chi connectivity index (χ2n) is 9.65. The molecule has 0 radical (unpaired) electrons. The molecule has 0 unspecified atom stereocenters. The molecule has 0 atom stereocenters. The molecule has 5 rings (SSSR count). The first-order valence-corrected chi connectivity index (χ1v) is 13.5. The van der Waals surface area contributed by atoms with Crippen molar-refractivity contribution in [1.82, 2.24) is 14.3 Å². The van der Waals surface area contributed by atoms with Crippen LogP contribution in [0.3, 0.4) is 0 Å². The van der Waals surface area contributed by atoms with Crippen molar-refractivity contribution in [3.05, 3.63) is 74.8 Å². The fourth-order valence-corrected chi connectivity index (χ4v) is 5.95. The summed E-state index contributed by atoms with van der Waals surface area (Å²) in [5.74, 6) is 0.353. The topological polar surface area (TPSA) is 61.2 Å². The molecular weight excluding hydrogens is 509 g/mol. The van der Waals surface area contributed by atoms with Crippen molar-refractivity contribution in [2.75, 3.05) is 42.5 Å². The van der Waals surface area contributed by atoms with Crippen LogP contribution < -0.4 is 15.4 Å². The molecule has 2 fully saturated rings. The monoisotopic (exact) mass is 537 g/mol. The van der Waals surface area contributed by atoms with Gasteiger partial charge in [-0.15, -0.1) is 0 Å². The first kappa shape index (κ1) is 25.4. The zero-order valence-electron chi connectivity index (χ0n) is 21.0. The van der Waals surface area contributed by atoms with Gasteiger partial charge in [-0.2, -0.15) is 0 Å². The summed E-state index contributed by atoms with van der Waals surface area (Å²) in [6.07, 6.45) is 3.33. The number of hydrogen-bond donors (Lipinski definition) is 0. The number of carbonyl (C=O) groups is 1. The van der Waals surface area contributed by atoms with Gasteiger partial charge in [0.2, 0.25) is 0 Å². The minimum atomic E-state index is -0.252. The van der Waals surface area contributed by atoms with Crippen molar-refractivity contribution in [2.45, 2.75) is 20.8 Å². The summed E-state index contributed by atoms with van der Waals surface area (Å²) in [4.78, 5) is 37.9. The van der Waals surface area contributed by atoms with E-state index in [0.717, 1.165) is 5.56 Å². The number of hydrogen-bond acceptors (Lipinski definition) is 7. The number of para-hydroxylation sites is 1. The Morgan fingerprint density at radius 1 is 1.08 bits per heavy atom. The van der Waals surface area contributed by atoms with Crippen LogP contribution in [0.5, 0.6) is 0 Å². The lowest BCUT2D eigenvalue weighted by molar-refractivity contribution is -0.122. The molecule has 0 aliphatic carbocycles. The molecule has 2 saturated heterocycles. The van der Waals surface area contributed by atoms with Crippen molar-refractivity contribution in [3.63, 3.8) is 0 Å². The fourth-order valence-electron chi connectivity index (χ4n) is 4.69. The molecule has 7 nitrogen and oxygen atoms in total. The molecule has 192 valence electrons. The molecule has 10 heteroatoms. The third-order valence-electron chi connectivity index (χ3n) is 6.53. The maximum atomic E-state index is 14.4. The van der Waals surface area contributed by atoms with E-state index in [2.05, 4.69) is 0 Å². The van der Waals surface area contributed by atoms with Crippen LogP contribution in [0.25, 0.3) is 11.7 Å². The highest BCUT2D eigenvalue weighted by Gasteiger charge is 2.33. The summed E-state index contributed by atoms with van der Waals surface area (Å²) in [6.45, 7) is 8.76. The smallest absolute Gasteiger partial charge is 0.267 e. The van der Waals surface area contributed by atoms with E-state index in [-0.39, 0.29) is 23.2 Å². The van der Waals surface area contributed by atoms with Crippen LogP contribution in [0.2, 0.25) is 0 Å². The average Bonchev–Trinajstić information content (AvgIpc) is 3.13. The van der Waals surface area contributed by atoms with Gasteiger partial charge < -0.3 is 9.80 Å². The van der Waals surface area contributed by atoms with E-state index < -0.39 is 0 Å². The Balaban J connectivity index is 1.54. The van der Waals surface area contributed by atoms with Gasteiger partial charge in [-0.1, -0.05) is 56.0 Å². The maximum absolute atomic E-state index is 14.4. The number of pyridine rings is 1. The molecule has 0 bridgehead atoms. The molecule has 1 amide bonds. The van der Waals surface area contributed by atoms with Crippen molar-refractivity contribution in [3.8, 4) is 0 Å². The lowest BCUT2D eigenvalue weighted by Crippen LogP contribution is -2.47. The highest BCUT2D eigenvalue weighted by Crippen LogP contribution is 2.34. The summed E-state index contributed by atoms with van der Waals surface area (Å²) in [5.41, 5.74) is 2.13. The Morgan fingerprint density at radius 2 is 1.78 bits per heavy atom. The number of aromatic nitrogens is 2. The largest absolute Gasteiger partial charge is 0.366 e. The number of thioether (sulfide) groups is 1. The van der Waals surface area contributed by atoms with E-state index >= 15 is 0 Å². The minimum Gasteiger partial charge on any atom is -0.366 e. The van der Waals surface area contributed by atoms with Crippen LogP contribution in [0.1, 0.15) is 25.0 Å². The number of piperazine rings is 1. The van der Waals surface area contributed by atoms with Gasteiger partial charge >= 0.3 is 0 Å². The zero-order chi connectivity index (χ0) is 26.3. The Hall–Kier alpha value is -3.24. The SMILES string of the molecule is Cc1cccn2c(=O)c(C=C3SC(=S)N(CC(C)C)C3=O)c(N3CCN(c4ccccc4F)CC3)nc12. The summed E-state index contributed by atoms with van der Waals surface area (Å²) >= 11 is 6.68. The molecule has 0 saturated carbocycles. The van der Waals surface area contributed by atoms with Crippen LogP contribution >= 0.6 is 24.0 Å². The third kappa shape index (κ3) is 4.87. The van der Waals surface area contributed by atoms with Crippen molar-refractivity contribution >= 4 is 57.4 Å². The molecule has 2 aromatic heterocycles. The average molecular weight is 538 g/mol. The number of nitrogens with zero attached hydrogens (tertiary/aromatic N) is 5. The standard InChI is InChI=1S/C27H28FN5O2S2/c1-17(2)16-33-26(35)22(37-27(33)36)15-19-24(29-23-18(3)7-6-10-32(23)25(19)34)31-13-11-30(12-14-31)21-9-5-4-8-20(21)28/h4-10,15,17H,11-14,16H2,1-3H3. The van der Waals surface area contributed by atoms with Gasteiger partial charge in [-0.05, 0) is 42.7 Å². The van der Waals surface area contributed by atoms with Gasteiger partial charge in [-0.3, -0.25) is 18.9 Å². The molecule has 37 heavy (non-hydrogen) atoms. The van der Waals surface area contributed by atoms with Crippen LogP contribution in [0.4, 0.5) is 15.9 Å². The molecule has 4 heterocycles. The molecule has 1 aromatic carbocycles. The van der Waals surface area contributed by atoms with Gasteiger partial charge in [0, 0.05) is 38.9 Å². The van der Waals surface area contributed by atoms with Crippen LogP contribution in [-0.4, -0.2) is 57.2 Å². The van der Waals surface area contributed by atoms with E-state index in [1.807, 2.05) is 48.8 Å². The summed E-state index contributed by atoms with van der Waals surface area (Å²) in [6, 6.07) is 10.5. The fraction of sp³-hybridized carbons (Fsp3) is 0.333. The first-order valence-electron chi connectivity index (χ1n) is 12.3. The van der Waals surface area contributed by atoms with Gasteiger partial charge in [-0.25, -0.2) is 9.37 Å². The zero-order valence-corrected chi connectivity index (χ0v) is 22.6. The molecule has 0 spiro atoms. The van der Waals surface area contributed by atoms with Crippen LogP contribution in [0.15, 0.2) is 52.3 Å². The number of aryl methyl sites for hydroxylation is 1.